The molecule has 0 fully saturated rings. The molecule has 0 aliphatic carbocycles. The molecule has 0 bridgehead atoms. The van der Waals surface area contributed by atoms with Crippen molar-refractivity contribution in [2.45, 2.75) is 0 Å². The van der Waals surface area contributed by atoms with Gasteiger partial charge in [0.1, 0.15) is 5.75 Å². The van der Waals surface area contributed by atoms with Gasteiger partial charge in [-0.2, -0.15) is 0 Å². The number of carbonyl (C=O) groups is 1. The number of amides is 1. The fraction of sp³-hybridized carbons (Fsp3) is 0.0769. The molecule has 4 nitrogen and oxygen atoms in total. The molecular formula is C13H12Cl2N2O2. The summed E-state index contributed by atoms with van der Waals surface area (Å²) < 4.78 is 5.31. The molecule has 0 saturated carbocycles. The molecule has 2 aromatic rings. The quantitative estimate of drug-likeness (QED) is 0.943. The van der Waals surface area contributed by atoms with E-state index in [2.05, 4.69) is 10.3 Å². The summed E-state index contributed by atoms with van der Waals surface area (Å²) >= 11 is 5.74. The normalized spacial score (nSPS) is 9.32. The van der Waals surface area contributed by atoms with E-state index in [9.17, 15) is 4.79 Å². The fourth-order valence-corrected chi connectivity index (χ4v) is 1.44. The van der Waals surface area contributed by atoms with Crippen LogP contribution in [0.3, 0.4) is 0 Å². The van der Waals surface area contributed by atoms with E-state index in [-0.39, 0.29) is 24.9 Å². The van der Waals surface area contributed by atoms with Crippen LogP contribution >= 0.6 is 24.0 Å². The van der Waals surface area contributed by atoms with Gasteiger partial charge in [-0.05, 0) is 36.4 Å². The molecule has 19 heavy (non-hydrogen) atoms. The maximum Gasteiger partial charge on any atom is 0.262 e. The predicted molar refractivity (Wildman–Crippen MR) is 77.1 cm³/mol. The molecule has 100 valence electrons. The van der Waals surface area contributed by atoms with Crippen LogP contribution in [-0.2, 0) is 4.79 Å². The lowest BCUT2D eigenvalue weighted by Crippen LogP contribution is -2.20. The molecule has 0 atom stereocenters. The van der Waals surface area contributed by atoms with Crippen molar-refractivity contribution in [1.29, 1.82) is 0 Å². The zero-order valence-electron chi connectivity index (χ0n) is 9.88. The third-order valence-electron chi connectivity index (χ3n) is 2.15. The van der Waals surface area contributed by atoms with Crippen molar-refractivity contribution < 1.29 is 9.53 Å². The third-order valence-corrected chi connectivity index (χ3v) is 2.40. The summed E-state index contributed by atoms with van der Waals surface area (Å²) in [7, 11) is 0. The zero-order valence-corrected chi connectivity index (χ0v) is 11.4. The second kappa shape index (κ2) is 7.61. The molecule has 1 amide bonds. The first-order valence-corrected chi connectivity index (χ1v) is 5.70. The molecule has 0 unspecified atom stereocenters. The van der Waals surface area contributed by atoms with Gasteiger partial charge < -0.3 is 10.1 Å². The van der Waals surface area contributed by atoms with Crippen molar-refractivity contribution in [2.24, 2.45) is 0 Å². The highest BCUT2D eigenvalue weighted by Gasteiger charge is 2.03. The lowest BCUT2D eigenvalue weighted by Gasteiger charge is -2.07. The first kappa shape index (κ1) is 15.3. The van der Waals surface area contributed by atoms with Crippen LogP contribution in [0.15, 0.2) is 48.8 Å². The number of hydrogen-bond donors (Lipinski definition) is 1. The van der Waals surface area contributed by atoms with E-state index < -0.39 is 0 Å². The average molecular weight is 299 g/mol. The van der Waals surface area contributed by atoms with E-state index in [1.807, 2.05) is 0 Å². The highest BCUT2D eigenvalue weighted by molar-refractivity contribution is 6.30. The van der Waals surface area contributed by atoms with Gasteiger partial charge in [-0.15, -0.1) is 12.4 Å². The average Bonchev–Trinajstić information content (AvgIpc) is 2.39. The van der Waals surface area contributed by atoms with Crippen molar-refractivity contribution >= 4 is 35.6 Å². The minimum absolute atomic E-state index is 0. The number of rotatable bonds is 4. The number of hydrogen-bond acceptors (Lipinski definition) is 3. The Balaban J connectivity index is 0.00000180. The number of ether oxygens (including phenoxy) is 1. The highest BCUT2D eigenvalue weighted by atomic mass is 35.5. The number of nitrogens with zero attached hydrogens (tertiary/aromatic N) is 1. The van der Waals surface area contributed by atoms with E-state index in [4.69, 9.17) is 16.3 Å². The van der Waals surface area contributed by atoms with Crippen LogP contribution in [0.5, 0.6) is 5.75 Å². The van der Waals surface area contributed by atoms with Crippen LogP contribution < -0.4 is 10.1 Å². The Morgan fingerprint density at radius 1 is 1.16 bits per heavy atom. The first-order valence-electron chi connectivity index (χ1n) is 5.32. The number of benzene rings is 1. The SMILES string of the molecule is Cl.O=C(COc1ccc(Cl)cc1)Nc1ccncc1. The smallest absolute Gasteiger partial charge is 0.262 e. The lowest BCUT2D eigenvalue weighted by atomic mass is 10.3. The van der Waals surface area contributed by atoms with Crippen molar-refractivity contribution in [1.82, 2.24) is 4.98 Å². The lowest BCUT2D eigenvalue weighted by molar-refractivity contribution is -0.118. The van der Waals surface area contributed by atoms with E-state index in [1.165, 1.54) is 0 Å². The van der Waals surface area contributed by atoms with Gasteiger partial charge in [0.05, 0.1) is 0 Å². The summed E-state index contributed by atoms with van der Waals surface area (Å²) in [5, 5.41) is 3.32. The molecule has 0 saturated heterocycles. The molecule has 6 heteroatoms. The van der Waals surface area contributed by atoms with Crippen LogP contribution in [0.25, 0.3) is 0 Å². The van der Waals surface area contributed by atoms with Gasteiger partial charge in [0, 0.05) is 23.1 Å². The molecule has 2 rings (SSSR count). The van der Waals surface area contributed by atoms with Crippen molar-refractivity contribution in [2.75, 3.05) is 11.9 Å². The van der Waals surface area contributed by atoms with Crippen LogP contribution in [-0.4, -0.2) is 17.5 Å². The van der Waals surface area contributed by atoms with Gasteiger partial charge in [-0.1, -0.05) is 11.6 Å². The molecule has 1 aromatic carbocycles. The minimum Gasteiger partial charge on any atom is -0.484 e. The Bertz CT molecular complexity index is 518. The molecule has 0 radical (unpaired) electrons. The Kier molecular flexibility index (Phi) is 6.12. The number of carbonyl (C=O) groups excluding carboxylic acids is 1. The summed E-state index contributed by atoms with van der Waals surface area (Å²) in [6.45, 7) is -0.0516. The summed E-state index contributed by atoms with van der Waals surface area (Å²) in [5.74, 6) is 0.375. The van der Waals surface area contributed by atoms with Crippen LogP contribution in [0.2, 0.25) is 5.02 Å². The van der Waals surface area contributed by atoms with E-state index in [0.717, 1.165) is 0 Å². The highest BCUT2D eigenvalue weighted by Crippen LogP contribution is 2.15. The van der Waals surface area contributed by atoms with Gasteiger partial charge >= 0.3 is 0 Å². The Morgan fingerprint density at radius 3 is 2.42 bits per heavy atom. The molecule has 0 aliphatic rings. The second-order valence-electron chi connectivity index (χ2n) is 3.53. The Morgan fingerprint density at radius 2 is 1.79 bits per heavy atom. The first-order chi connectivity index (χ1) is 8.74. The number of halogens is 2. The largest absolute Gasteiger partial charge is 0.484 e. The van der Waals surface area contributed by atoms with E-state index in [1.54, 1.807) is 48.8 Å². The van der Waals surface area contributed by atoms with E-state index in [0.29, 0.717) is 16.5 Å². The topological polar surface area (TPSA) is 51.2 Å². The van der Waals surface area contributed by atoms with Gasteiger partial charge in [-0.3, -0.25) is 9.78 Å². The standard InChI is InChI=1S/C13H11ClN2O2.ClH/c14-10-1-3-12(4-2-10)18-9-13(17)16-11-5-7-15-8-6-11;/h1-8H,9H2,(H,15,16,17);1H. The molecule has 1 aromatic heterocycles. The summed E-state index contributed by atoms with van der Waals surface area (Å²) in [6, 6.07) is 10.2. The molecule has 1 heterocycles. The van der Waals surface area contributed by atoms with Gasteiger partial charge in [0.25, 0.3) is 5.91 Å². The number of anilines is 1. The third kappa shape index (κ3) is 5.16. The van der Waals surface area contributed by atoms with Gasteiger partial charge in [-0.25, -0.2) is 0 Å². The van der Waals surface area contributed by atoms with Crippen LogP contribution in [0, 0.1) is 0 Å². The predicted octanol–water partition coefficient (Wildman–Crippen LogP) is 3.17. The summed E-state index contributed by atoms with van der Waals surface area (Å²) in [6.07, 6.45) is 3.21. The van der Waals surface area contributed by atoms with Crippen molar-refractivity contribution in [3.8, 4) is 5.75 Å². The van der Waals surface area contributed by atoms with Gasteiger partial charge in [0.15, 0.2) is 6.61 Å². The fourth-order valence-electron chi connectivity index (χ4n) is 1.31. The monoisotopic (exact) mass is 298 g/mol. The molecule has 1 N–H and O–H groups in total. The summed E-state index contributed by atoms with van der Waals surface area (Å²) in [5.41, 5.74) is 0.690. The number of nitrogens with one attached hydrogen (secondary N) is 1. The maximum atomic E-state index is 11.6. The Labute approximate surface area is 122 Å². The number of aromatic nitrogens is 1. The van der Waals surface area contributed by atoms with E-state index >= 15 is 0 Å². The van der Waals surface area contributed by atoms with Crippen molar-refractivity contribution in [3.05, 3.63) is 53.8 Å². The molecular weight excluding hydrogens is 287 g/mol. The maximum absolute atomic E-state index is 11.6. The molecule has 0 aliphatic heterocycles. The molecule has 0 spiro atoms. The Hall–Kier alpha value is -1.78. The zero-order chi connectivity index (χ0) is 12.8. The summed E-state index contributed by atoms with van der Waals surface area (Å²) in [4.78, 5) is 15.4. The van der Waals surface area contributed by atoms with Crippen LogP contribution in [0.4, 0.5) is 5.69 Å². The minimum atomic E-state index is -0.226. The van der Waals surface area contributed by atoms with Crippen molar-refractivity contribution in [3.63, 3.8) is 0 Å². The van der Waals surface area contributed by atoms with Crippen LogP contribution in [0.1, 0.15) is 0 Å². The number of pyridine rings is 1. The van der Waals surface area contributed by atoms with Gasteiger partial charge in [0.2, 0.25) is 0 Å². The second-order valence-corrected chi connectivity index (χ2v) is 3.96.